The van der Waals surface area contributed by atoms with Crippen molar-refractivity contribution >= 4 is 34.5 Å². The molecule has 218 valence electrons. The molecule has 3 N–H and O–H groups in total. The maximum atomic E-state index is 12.9. The molecular formula is C29H33N9O4. The number of fused-ring (bicyclic) bond motifs is 1. The average molecular weight is 572 g/mol. The van der Waals surface area contributed by atoms with E-state index in [-0.39, 0.29) is 31.1 Å². The van der Waals surface area contributed by atoms with Gasteiger partial charge >= 0.3 is 6.03 Å². The summed E-state index contributed by atoms with van der Waals surface area (Å²) in [5, 5.41) is 19.9. The topological polar surface area (TPSA) is 151 Å². The molecule has 1 aromatic carbocycles. The van der Waals surface area contributed by atoms with Gasteiger partial charge in [-0.3, -0.25) is 9.78 Å². The molecule has 5 heterocycles. The van der Waals surface area contributed by atoms with Gasteiger partial charge in [0.1, 0.15) is 5.82 Å². The Bertz CT molecular complexity index is 1530. The third-order valence-corrected chi connectivity index (χ3v) is 7.55. The van der Waals surface area contributed by atoms with Gasteiger partial charge in [0.25, 0.3) is 5.91 Å². The normalized spacial score (nSPS) is 16.0. The van der Waals surface area contributed by atoms with Crippen LogP contribution in [0, 0.1) is 0 Å². The number of urea groups is 1. The number of carbonyl (C=O) groups is 2. The van der Waals surface area contributed by atoms with E-state index in [0.717, 1.165) is 48.3 Å². The quantitative estimate of drug-likeness (QED) is 0.304. The minimum atomic E-state index is -0.388. The van der Waals surface area contributed by atoms with E-state index in [9.17, 15) is 9.59 Å². The third kappa shape index (κ3) is 5.87. The number of nitrogens with one attached hydrogen (secondary N) is 2. The zero-order valence-corrected chi connectivity index (χ0v) is 23.1. The zero-order chi connectivity index (χ0) is 28.9. The molecule has 42 heavy (non-hydrogen) atoms. The summed E-state index contributed by atoms with van der Waals surface area (Å²) < 4.78 is 7.57. The lowest BCUT2D eigenvalue weighted by molar-refractivity contribution is 0.0691. The SMILES string of the molecule is O=C(NCCO)Nc1ccc(-c2nc(N3CCOCC3)c3cnn(C4CCN(C(=O)c5cccnc5)CC4)c3n2)cc1. The van der Waals surface area contributed by atoms with Crippen molar-refractivity contribution in [2.75, 3.05) is 62.8 Å². The minimum Gasteiger partial charge on any atom is -0.395 e. The monoisotopic (exact) mass is 571 g/mol. The van der Waals surface area contributed by atoms with Crippen LogP contribution in [0.5, 0.6) is 0 Å². The van der Waals surface area contributed by atoms with Crippen molar-refractivity contribution in [2.24, 2.45) is 0 Å². The number of morpholine rings is 1. The molecule has 3 aromatic heterocycles. The maximum absolute atomic E-state index is 12.9. The Kier molecular flexibility index (Phi) is 8.19. The molecule has 2 aliphatic rings. The van der Waals surface area contributed by atoms with E-state index in [2.05, 4.69) is 20.5 Å². The maximum Gasteiger partial charge on any atom is 0.319 e. The number of pyridine rings is 1. The molecule has 0 aliphatic carbocycles. The van der Waals surface area contributed by atoms with Crippen molar-refractivity contribution in [3.63, 3.8) is 0 Å². The Morgan fingerprint density at radius 3 is 2.50 bits per heavy atom. The molecule has 6 rings (SSSR count). The van der Waals surface area contributed by atoms with Gasteiger partial charge < -0.3 is 30.3 Å². The molecular weight excluding hydrogens is 538 g/mol. The van der Waals surface area contributed by atoms with Gasteiger partial charge in [0.2, 0.25) is 0 Å². The number of likely N-dealkylation sites (tertiary alicyclic amines) is 1. The smallest absolute Gasteiger partial charge is 0.319 e. The standard InChI is InChI=1S/C29H33N9O4/c39-15-10-31-29(41)33-22-5-3-20(4-6-22)25-34-26(36-13-16-42-17-14-36)24-19-32-38(27(24)35-25)23-7-11-37(12-8-23)28(40)21-2-1-9-30-18-21/h1-6,9,18-19,23,39H,7-8,10-17H2,(H2,31,33,41). The number of hydrogen-bond donors (Lipinski definition) is 3. The first-order chi connectivity index (χ1) is 20.6. The fourth-order valence-electron chi connectivity index (χ4n) is 5.36. The van der Waals surface area contributed by atoms with Crippen molar-refractivity contribution in [2.45, 2.75) is 18.9 Å². The lowest BCUT2D eigenvalue weighted by Crippen LogP contribution is -2.39. The highest BCUT2D eigenvalue weighted by Crippen LogP contribution is 2.32. The summed E-state index contributed by atoms with van der Waals surface area (Å²) in [5.41, 5.74) is 2.77. The molecule has 2 saturated heterocycles. The van der Waals surface area contributed by atoms with Gasteiger partial charge in [-0.25, -0.2) is 19.4 Å². The highest BCUT2D eigenvalue weighted by molar-refractivity contribution is 5.94. The Morgan fingerprint density at radius 1 is 1.00 bits per heavy atom. The Labute approximate surface area is 242 Å². The Balaban J connectivity index is 1.27. The van der Waals surface area contributed by atoms with Crippen LogP contribution in [0.2, 0.25) is 0 Å². The van der Waals surface area contributed by atoms with Crippen molar-refractivity contribution in [3.05, 3.63) is 60.6 Å². The molecule has 0 unspecified atom stereocenters. The van der Waals surface area contributed by atoms with Gasteiger partial charge in [-0.15, -0.1) is 0 Å². The number of aliphatic hydroxyl groups is 1. The highest BCUT2D eigenvalue weighted by Gasteiger charge is 2.28. The molecule has 3 amide bonds. The average Bonchev–Trinajstić information content (AvgIpc) is 3.48. The molecule has 0 saturated carbocycles. The second-order valence-electron chi connectivity index (χ2n) is 10.2. The van der Waals surface area contributed by atoms with E-state index in [1.807, 2.05) is 27.9 Å². The number of hydrogen-bond acceptors (Lipinski definition) is 9. The van der Waals surface area contributed by atoms with Crippen molar-refractivity contribution in [1.29, 1.82) is 0 Å². The molecule has 0 radical (unpaired) electrons. The molecule has 0 atom stereocenters. The van der Waals surface area contributed by atoms with Crippen LogP contribution >= 0.6 is 0 Å². The van der Waals surface area contributed by atoms with E-state index in [1.54, 1.807) is 36.7 Å². The molecule has 13 nitrogen and oxygen atoms in total. The summed E-state index contributed by atoms with van der Waals surface area (Å²) in [7, 11) is 0. The van der Waals surface area contributed by atoms with Gasteiger partial charge in [0.05, 0.1) is 43.0 Å². The molecule has 4 aromatic rings. The summed E-state index contributed by atoms with van der Waals surface area (Å²) in [6.45, 7) is 3.97. The summed E-state index contributed by atoms with van der Waals surface area (Å²) in [5.74, 6) is 1.38. The van der Waals surface area contributed by atoms with E-state index >= 15 is 0 Å². The molecule has 13 heteroatoms. The third-order valence-electron chi connectivity index (χ3n) is 7.55. The number of anilines is 2. The fraction of sp³-hybridized carbons (Fsp3) is 0.379. The van der Waals surface area contributed by atoms with Crippen LogP contribution in [0.1, 0.15) is 29.2 Å². The second kappa shape index (κ2) is 12.5. The predicted molar refractivity (Wildman–Crippen MR) is 156 cm³/mol. The first-order valence-corrected chi connectivity index (χ1v) is 14.1. The largest absolute Gasteiger partial charge is 0.395 e. The van der Waals surface area contributed by atoms with E-state index < -0.39 is 0 Å². The number of benzene rings is 1. The lowest BCUT2D eigenvalue weighted by Gasteiger charge is -2.32. The predicted octanol–water partition coefficient (Wildman–Crippen LogP) is 2.32. The van der Waals surface area contributed by atoms with Gasteiger partial charge in [0.15, 0.2) is 11.5 Å². The fourth-order valence-corrected chi connectivity index (χ4v) is 5.36. The molecule has 0 bridgehead atoms. The number of piperidine rings is 1. The summed E-state index contributed by atoms with van der Waals surface area (Å²) >= 11 is 0. The number of amides is 3. The number of nitrogens with zero attached hydrogens (tertiary/aromatic N) is 7. The Morgan fingerprint density at radius 2 is 1.79 bits per heavy atom. The Hall–Kier alpha value is -4.62. The summed E-state index contributed by atoms with van der Waals surface area (Å²) in [6, 6.07) is 10.6. The van der Waals surface area contributed by atoms with Crippen molar-refractivity contribution in [1.82, 2.24) is 34.9 Å². The second-order valence-corrected chi connectivity index (χ2v) is 10.2. The number of carbonyl (C=O) groups excluding carboxylic acids is 2. The lowest BCUT2D eigenvalue weighted by atomic mass is 10.0. The summed E-state index contributed by atoms with van der Waals surface area (Å²) in [4.78, 5) is 43.0. The molecule has 2 fully saturated rings. The van der Waals surface area contributed by atoms with Crippen LogP contribution in [0.25, 0.3) is 22.4 Å². The molecule has 2 aliphatic heterocycles. The van der Waals surface area contributed by atoms with Crippen molar-refractivity contribution in [3.8, 4) is 11.4 Å². The number of aliphatic hydroxyl groups excluding tert-OH is 1. The van der Waals surface area contributed by atoms with Crippen molar-refractivity contribution < 1.29 is 19.4 Å². The first kappa shape index (κ1) is 27.5. The number of ether oxygens (including phenoxy) is 1. The van der Waals surface area contributed by atoms with Gasteiger partial charge in [-0.1, -0.05) is 0 Å². The van der Waals surface area contributed by atoms with Crippen LogP contribution < -0.4 is 15.5 Å². The molecule has 0 spiro atoms. The number of aromatic nitrogens is 5. The zero-order valence-electron chi connectivity index (χ0n) is 23.1. The van der Waals surface area contributed by atoms with Gasteiger partial charge in [0, 0.05) is 56.4 Å². The number of rotatable bonds is 7. The minimum absolute atomic E-state index is 0.00472. The van der Waals surface area contributed by atoms with E-state index in [1.165, 1.54) is 0 Å². The first-order valence-electron chi connectivity index (χ1n) is 14.1. The van der Waals surface area contributed by atoms with Gasteiger partial charge in [-0.05, 0) is 49.2 Å². The van der Waals surface area contributed by atoms with E-state index in [4.69, 9.17) is 24.9 Å². The summed E-state index contributed by atoms with van der Waals surface area (Å²) in [6.07, 6.45) is 6.63. The van der Waals surface area contributed by atoms with Crippen LogP contribution in [0.4, 0.5) is 16.3 Å². The van der Waals surface area contributed by atoms with Gasteiger partial charge in [-0.2, -0.15) is 5.10 Å². The van der Waals surface area contributed by atoms with Crippen LogP contribution in [-0.2, 0) is 4.74 Å². The van der Waals surface area contributed by atoms with Crippen LogP contribution in [0.3, 0.4) is 0 Å². The van der Waals surface area contributed by atoms with Crippen LogP contribution in [-0.4, -0.2) is 99.2 Å². The highest BCUT2D eigenvalue weighted by atomic mass is 16.5. The van der Waals surface area contributed by atoms with Crippen LogP contribution in [0.15, 0.2) is 55.0 Å². The van der Waals surface area contributed by atoms with E-state index in [0.29, 0.717) is 43.4 Å².